The minimum absolute atomic E-state index is 0.0434. The first-order chi connectivity index (χ1) is 21.5. The van der Waals surface area contributed by atoms with E-state index in [2.05, 4.69) is 10.3 Å². The van der Waals surface area contributed by atoms with Gasteiger partial charge in [0.25, 0.3) is 0 Å². The van der Waals surface area contributed by atoms with Crippen LogP contribution in [0.4, 0.5) is 0 Å². The Kier molecular flexibility index (Phi) is 10.3. The van der Waals surface area contributed by atoms with Gasteiger partial charge in [-0.3, -0.25) is 4.79 Å². The highest BCUT2D eigenvalue weighted by atomic mass is 35.5. The summed E-state index contributed by atoms with van der Waals surface area (Å²) in [4.78, 5) is 16.8. The highest BCUT2D eigenvalue weighted by Gasteiger charge is 2.53. The van der Waals surface area contributed by atoms with E-state index in [-0.39, 0.29) is 35.6 Å². The molecule has 1 aromatic heterocycles. The van der Waals surface area contributed by atoms with E-state index in [1.165, 1.54) is 37.4 Å². The number of ether oxygens (including phenoxy) is 5. The number of aromatic nitrogens is 1. The monoisotopic (exact) mass is 650 g/mol. The van der Waals surface area contributed by atoms with Gasteiger partial charge in [-0.2, -0.15) is 0 Å². The third-order valence-electron chi connectivity index (χ3n) is 7.91. The molecule has 2 saturated heterocycles. The van der Waals surface area contributed by atoms with Crippen molar-refractivity contribution < 1.29 is 59.1 Å². The Morgan fingerprint density at radius 3 is 2.47 bits per heavy atom. The summed E-state index contributed by atoms with van der Waals surface area (Å²) in [5.41, 5.74) is 1.14. The average molecular weight is 651 g/mol. The fourth-order valence-electron chi connectivity index (χ4n) is 5.36. The van der Waals surface area contributed by atoms with E-state index in [0.29, 0.717) is 16.9 Å². The Balaban J connectivity index is 1.18. The van der Waals surface area contributed by atoms with Crippen LogP contribution in [0.5, 0.6) is 17.2 Å². The Bertz CT molecular complexity index is 1440. The van der Waals surface area contributed by atoms with Gasteiger partial charge in [0.1, 0.15) is 62.2 Å². The predicted octanol–water partition coefficient (Wildman–Crippen LogP) is 0.0173. The summed E-state index contributed by atoms with van der Waals surface area (Å²) >= 11 is 5.99. The molecule has 3 fully saturated rings. The Hall–Kier alpha value is -3.31. The van der Waals surface area contributed by atoms with Crippen LogP contribution < -0.4 is 14.8 Å². The summed E-state index contributed by atoms with van der Waals surface area (Å²) in [5.74, 6) is -0.623. The van der Waals surface area contributed by atoms with E-state index < -0.39 is 67.1 Å². The number of phenolic OH excluding ortho intramolecular Hbond substituents is 1. The molecule has 2 aromatic rings. The summed E-state index contributed by atoms with van der Waals surface area (Å²) in [6.07, 6.45) is -6.34. The highest BCUT2D eigenvalue weighted by molar-refractivity contribution is 6.30. The molecule has 2 aliphatic heterocycles. The zero-order valence-corrected chi connectivity index (χ0v) is 25.0. The van der Waals surface area contributed by atoms with E-state index in [1.54, 1.807) is 25.1 Å². The molecule has 0 bridgehead atoms. The van der Waals surface area contributed by atoms with Crippen molar-refractivity contribution in [3.63, 3.8) is 0 Å². The second-order valence-corrected chi connectivity index (χ2v) is 11.3. The van der Waals surface area contributed by atoms with Crippen molar-refractivity contribution in [1.29, 1.82) is 0 Å². The van der Waals surface area contributed by atoms with Crippen LogP contribution >= 0.6 is 11.6 Å². The molecule has 45 heavy (non-hydrogen) atoms. The van der Waals surface area contributed by atoms with E-state index >= 15 is 0 Å². The Labute approximate surface area is 263 Å². The molecule has 0 unspecified atom stereocenters. The van der Waals surface area contributed by atoms with Gasteiger partial charge in [-0.15, -0.1) is 0 Å². The number of aliphatic hydroxyl groups excluding tert-OH is 5. The largest absolute Gasteiger partial charge is 0.504 e. The molecule has 7 N–H and O–H groups in total. The fraction of sp³-hybridized carbons (Fsp3) is 0.467. The quantitative estimate of drug-likeness (QED) is 0.109. The maximum absolute atomic E-state index is 12.9. The molecule has 5 rings (SSSR count). The number of fused-ring (bicyclic) bond motifs is 1. The van der Waals surface area contributed by atoms with Crippen molar-refractivity contribution in [2.75, 3.05) is 13.4 Å². The average Bonchev–Trinajstić information content (AvgIpc) is 3.62. The molecular weight excluding hydrogens is 616 g/mol. The molecular formula is C30H35ClN2O12. The number of amides is 1. The molecule has 1 aromatic carbocycles. The van der Waals surface area contributed by atoms with Crippen molar-refractivity contribution >= 4 is 23.6 Å². The van der Waals surface area contributed by atoms with Crippen molar-refractivity contribution in [2.45, 2.75) is 75.0 Å². The normalized spacial score (nSPS) is 33.5. The van der Waals surface area contributed by atoms with Gasteiger partial charge in [-0.05, 0) is 61.4 Å². The summed E-state index contributed by atoms with van der Waals surface area (Å²) in [6, 6.07) is 6.37. The van der Waals surface area contributed by atoms with E-state index in [0.717, 1.165) is 0 Å². The standard InChI is InChI=1S/C30H35ClN2O12/c1-13(7-9-41-18-4-3-8-32-28(18)31)25-23(38)24(39)30(45-25)44-17-6-5-15(11-16(17)34)10-14(2)29(40)33-19-20(35)22(37)27-26(21(19)36)42-12-43-27/h3-8,10-11,19-27,30,34-39H,9,12H2,1-2H3,(H,33,40)/b13-7+,14-10?/t19-,20+,21-,22-,23+,24+,25-,26+,27-,30-/m1/s1. The maximum Gasteiger partial charge on any atom is 0.247 e. The first-order valence-corrected chi connectivity index (χ1v) is 14.5. The number of benzene rings is 1. The minimum Gasteiger partial charge on any atom is -0.504 e. The number of hydrogen-bond donors (Lipinski definition) is 7. The summed E-state index contributed by atoms with van der Waals surface area (Å²) in [7, 11) is 0. The molecule has 0 spiro atoms. The topological polar surface area (TPSA) is 210 Å². The lowest BCUT2D eigenvalue weighted by Gasteiger charge is -2.41. The summed E-state index contributed by atoms with van der Waals surface area (Å²) in [5, 5.41) is 65.8. The number of aliphatic hydroxyl groups is 5. The molecule has 244 valence electrons. The molecule has 10 atom stereocenters. The maximum atomic E-state index is 12.9. The van der Waals surface area contributed by atoms with Gasteiger partial charge in [0.2, 0.25) is 12.2 Å². The Morgan fingerprint density at radius 2 is 1.76 bits per heavy atom. The van der Waals surface area contributed by atoms with Gasteiger partial charge in [0.15, 0.2) is 22.4 Å². The molecule has 15 heteroatoms. The number of carbonyl (C=O) groups excluding carboxylic acids is 1. The highest BCUT2D eigenvalue weighted by Crippen LogP contribution is 2.34. The van der Waals surface area contributed by atoms with Crippen molar-refractivity contribution in [2.24, 2.45) is 0 Å². The molecule has 1 aliphatic carbocycles. The lowest BCUT2D eigenvalue weighted by molar-refractivity contribution is -0.155. The second-order valence-electron chi connectivity index (χ2n) is 11.0. The summed E-state index contributed by atoms with van der Waals surface area (Å²) in [6.45, 7) is 3.14. The number of nitrogens with zero attached hydrogens (tertiary/aromatic N) is 1. The molecule has 0 radical (unpaired) electrons. The number of pyridine rings is 1. The SMILES string of the molecule is CC(=Cc1ccc(O[C@@H]2O[C@H](/C(C)=C/COc3cccnc3Cl)[C@@H](O)[C@@H]2O)c(O)c1)C(=O)N[C@@H]1[C@H](O)[C@@H](O)[C@H]2OCO[C@H]2[C@@H]1O. The molecule has 14 nitrogen and oxygen atoms in total. The molecule has 3 heterocycles. The van der Waals surface area contributed by atoms with Crippen LogP contribution in [0.1, 0.15) is 19.4 Å². The number of nitrogens with one attached hydrogen (secondary N) is 1. The van der Waals surface area contributed by atoms with Gasteiger partial charge in [-0.25, -0.2) is 4.98 Å². The molecule has 1 saturated carbocycles. The predicted molar refractivity (Wildman–Crippen MR) is 156 cm³/mol. The van der Waals surface area contributed by atoms with Crippen molar-refractivity contribution in [1.82, 2.24) is 10.3 Å². The van der Waals surface area contributed by atoms with Crippen LogP contribution in [0.15, 0.2) is 53.8 Å². The Morgan fingerprint density at radius 1 is 1.02 bits per heavy atom. The number of hydrogen-bond acceptors (Lipinski definition) is 13. The lowest BCUT2D eigenvalue weighted by Crippen LogP contribution is -2.67. The van der Waals surface area contributed by atoms with Crippen LogP contribution in [-0.4, -0.2) is 116 Å². The molecule has 3 aliphatic rings. The van der Waals surface area contributed by atoms with E-state index in [1.807, 2.05) is 0 Å². The van der Waals surface area contributed by atoms with Crippen LogP contribution in [0, 0.1) is 0 Å². The van der Waals surface area contributed by atoms with E-state index in [9.17, 15) is 35.4 Å². The second kappa shape index (κ2) is 14.0. The molecule has 1 amide bonds. The van der Waals surface area contributed by atoms with Crippen LogP contribution in [0.2, 0.25) is 5.15 Å². The van der Waals surface area contributed by atoms with E-state index in [4.69, 9.17) is 35.3 Å². The van der Waals surface area contributed by atoms with Crippen LogP contribution in [-0.2, 0) is 19.0 Å². The number of phenols is 1. The number of rotatable bonds is 9. The first kappa shape index (κ1) is 33.1. The van der Waals surface area contributed by atoms with Gasteiger partial charge in [0.05, 0.1) is 6.04 Å². The zero-order chi connectivity index (χ0) is 32.4. The minimum atomic E-state index is -1.50. The fourth-order valence-corrected chi connectivity index (χ4v) is 5.54. The number of aromatic hydroxyl groups is 1. The van der Waals surface area contributed by atoms with Crippen LogP contribution in [0.3, 0.4) is 0 Å². The smallest absolute Gasteiger partial charge is 0.247 e. The number of halogens is 1. The third-order valence-corrected chi connectivity index (χ3v) is 8.19. The van der Waals surface area contributed by atoms with Gasteiger partial charge >= 0.3 is 0 Å². The van der Waals surface area contributed by atoms with Gasteiger partial charge < -0.3 is 59.6 Å². The van der Waals surface area contributed by atoms with Crippen LogP contribution in [0.25, 0.3) is 6.08 Å². The van der Waals surface area contributed by atoms with Gasteiger partial charge in [-0.1, -0.05) is 17.7 Å². The van der Waals surface area contributed by atoms with Crippen molar-refractivity contribution in [3.05, 3.63) is 64.5 Å². The third kappa shape index (κ3) is 7.09. The zero-order valence-electron chi connectivity index (χ0n) is 24.3. The number of carbonyl (C=O) groups is 1. The first-order valence-electron chi connectivity index (χ1n) is 14.1. The summed E-state index contributed by atoms with van der Waals surface area (Å²) < 4.78 is 27.5. The van der Waals surface area contributed by atoms with Crippen molar-refractivity contribution in [3.8, 4) is 17.2 Å². The van der Waals surface area contributed by atoms with Gasteiger partial charge in [0, 0.05) is 11.8 Å². The lowest BCUT2D eigenvalue weighted by atomic mass is 9.83.